The van der Waals surface area contributed by atoms with Gasteiger partial charge in [0, 0.05) is 0 Å². The third-order valence-electron chi connectivity index (χ3n) is 3.06. The van der Waals surface area contributed by atoms with Crippen LogP contribution in [-0.4, -0.2) is 17.2 Å². The predicted octanol–water partition coefficient (Wildman–Crippen LogP) is 2.46. The van der Waals surface area contributed by atoms with Crippen molar-refractivity contribution < 1.29 is 14.6 Å². The zero-order valence-electron chi connectivity index (χ0n) is 9.13. The lowest BCUT2D eigenvalue weighted by atomic mass is 10.1. The van der Waals surface area contributed by atoms with Crippen LogP contribution in [0.2, 0.25) is 0 Å². The first kappa shape index (κ1) is 11.1. The maximum absolute atomic E-state index is 10.8. The molecule has 16 heavy (non-hydrogen) atoms. The summed E-state index contributed by atoms with van der Waals surface area (Å²) in [5, 5.41) is 8.86. The molecule has 86 valence electrons. The Bertz CT molecular complexity index is 347. The van der Waals surface area contributed by atoms with Crippen LogP contribution in [0.15, 0.2) is 30.3 Å². The van der Waals surface area contributed by atoms with Crippen LogP contribution in [0.3, 0.4) is 0 Å². The van der Waals surface area contributed by atoms with Gasteiger partial charge in [-0.15, -0.1) is 0 Å². The zero-order valence-corrected chi connectivity index (χ0v) is 9.13. The van der Waals surface area contributed by atoms with Gasteiger partial charge in [0.1, 0.15) is 0 Å². The Labute approximate surface area is 95.0 Å². The Morgan fingerprint density at radius 3 is 2.69 bits per heavy atom. The van der Waals surface area contributed by atoms with E-state index in [1.165, 1.54) is 0 Å². The minimum Gasteiger partial charge on any atom is -0.481 e. The minimum atomic E-state index is -0.689. The highest BCUT2D eigenvalue weighted by Gasteiger charge is 2.30. The molecular formula is C13H16O3. The van der Waals surface area contributed by atoms with Crippen LogP contribution in [-0.2, 0) is 16.1 Å². The summed E-state index contributed by atoms with van der Waals surface area (Å²) >= 11 is 0. The third-order valence-corrected chi connectivity index (χ3v) is 3.06. The fourth-order valence-corrected chi connectivity index (χ4v) is 2.10. The molecule has 1 fully saturated rings. The van der Waals surface area contributed by atoms with Gasteiger partial charge in [-0.2, -0.15) is 0 Å². The lowest BCUT2D eigenvalue weighted by Gasteiger charge is -2.11. The molecule has 0 saturated heterocycles. The van der Waals surface area contributed by atoms with E-state index in [0.717, 1.165) is 18.4 Å². The van der Waals surface area contributed by atoms with Crippen molar-refractivity contribution in [3.05, 3.63) is 35.9 Å². The lowest BCUT2D eigenvalue weighted by Crippen LogP contribution is -2.13. The molecule has 1 saturated carbocycles. The Morgan fingerprint density at radius 2 is 2.06 bits per heavy atom. The largest absolute Gasteiger partial charge is 0.481 e. The first-order valence-electron chi connectivity index (χ1n) is 5.64. The molecule has 1 N–H and O–H groups in total. The first-order valence-corrected chi connectivity index (χ1v) is 5.64. The fraction of sp³-hybridized carbons (Fsp3) is 0.462. The number of hydrogen-bond donors (Lipinski definition) is 1. The van der Waals surface area contributed by atoms with Crippen molar-refractivity contribution in [1.29, 1.82) is 0 Å². The molecule has 2 rings (SSSR count). The summed E-state index contributed by atoms with van der Waals surface area (Å²) in [4.78, 5) is 10.8. The molecule has 2 atom stereocenters. The van der Waals surface area contributed by atoms with Gasteiger partial charge in [0.15, 0.2) is 0 Å². The van der Waals surface area contributed by atoms with Crippen LogP contribution in [0.1, 0.15) is 24.8 Å². The molecule has 1 aliphatic rings. The van der Waals surface area contributed by atoms with Crippen molar-refractivity contribution in [3.8, 4) is 0 Å². The summed E-state index contributed by atoms with van der Waals surface area (Å²) < 4.78 is 5.71. The van der Waals surface area contributed by atoms with Gasteiger partial charge in [0.2, 0.25) is 0 Å². The summed E-state index contributed by atoms with van der Waals surface area (Å²) in [6, 6.07) is 9.97. The number of carboxylic acids is 1. The van der Waals surface area contributed by atoms with E-state index < -0.39 is 5.97 Å². The standard InChI is InChI=1S/C13H16O3/c14-13(15)11-6-7-12(8-11)16-9-10-4-2-1-3-5-10/h1-5,11-12H,6-9H2,(H,14,15). The molecule has 0 aromatic heterocycles. The Morgan fingerprint density at radius 1 is 1.31 bits per heavy atom. The topological polar surface area (TPSA) is 46.5 Å². The molecule has 3 nitrogen and oxygen atoms in total. The number of carboxylic acid groups (broad SMARTS) is 1. The van der Waals surface area contributed by atoms with Gasteiger partial charge in [0.05, 0.1) is 18.6 Å². The first-order chi connectivity index (χ1) is 7.75. The van der Waals surface area contributed by atoms with Crippen LogP contribution in [0.25, 0.3) is 0 Å². The van der Waals surface area contributed by atoms with Gasteiger partial charge in [-0.3, -0.25) is 4.79 Å². The smallest absolute Gasteiger partial charge is 0.306 e. The van der Waals surface area contributed by atoms with Crippen molar-refractivity contribution in [1.82, 2.24) is 0 Å². The number of ether oxygens (including phenoxy) is 1. The van der Waals surface area contributed by atoms with Gasteiger partial charge in [-0.1, -0.05) is 30.3 Å². The van der Waals surface area contributed by atoms with E-state index in [-0.39, 0.29) is 12.0 Å². The molecule has 1 aromatic carbocycles. The van der Waals surface area contributed by atoms with Crippen molar-refractivity contribution >= 4 is 5.97 Å². The summed E-state index contributed by atoms with van der Waals surface area (Å²) in [7, 11) is 0. The van der Waals surface area contributed by atoms with Crippen molar-refractivity contribution in [3.63, 3.8) is 0 Å². The van der Waals surface area contributed by atoms with Crippen molar-refractivity contribution in [2.45, 2.75) is 32.0 Å². The van der Waals surface area contributed by atoms with Crippen LogP contribution in [0, 0.1) is 5.92 Å². The molecule has 1 aromatic rings. The second-order valence-corrected chi connectivity index (χ2v) is 4.27. The number of aliphatic carboxylic acids is 1. The van der Waals surface area contributed by atoms with Crippen LogP contribution >= 0.6 is 0 Å². The van der Waals surface area contributed by atoms with Crippen LogP contribution < -0.4 is 0 Å². The van der Waals surface area contributed by atoms with Crippen molar-refractivity contribution in [2.75, 3.05) is 0 Å². The van der Waals surface area contributed by atoms with Gasteiger partial charge in [-0.05, 0) is 24.8 Å². The molecular weight excluding hydrogens is 204 g/mol. The summed E-state index contributed by atoms with van der Waals surface area (Å²) in [6.07, 6.45) is 2.38. The molecule has 0 bridgehead atoms. The molecule has 0 spiro atoms. The molecule has 0 amide bonds. The van der Waals surface area contributed by atoms with Gasteiger partial charge in [0.25, 0.3) is 0 Å². The highest BCUT2D eigenvalue weighted by Crippen LogP contribution is 2.28. The van der Waals surface area contributed by atoms with E-state index in [1.807, 2.05) is 30.3 Å². The Hall–Kier alpha value is -1.35. The maximum atomic E-state index is 10.8. The highest BCUT2D eigenvalue weighted by atomic mass is 16.5. The second kappa shape index (κ2) is 5.12. The normalized spacial score (nSPS) is 24.5. The number of carbonyl (C=O) groups is 1. The van der Waals surface area contributed by atoms with Gasteiger partial charge < -0.3 is 9.84 Å². The lowest BCUT2D eigenvalue weighted by molar-refractivity contribution is -0.141. The van der Waals surface area contributed by atoms with Crippen LogP contribution in [0.5, 0.6) is 0 Å². The second-order valence-electron chi connectivity index (χ2n) is 4.27. The predicted molar refractivity (Wildman–Crippen MR) is 60.0 cm³/mol. The van der Waals surface area contributed by atoms with E-state index in [1.54, 1.807) is 0 Å². The SMILES string of the molecule is O=C(O)C1CCC(OCc2ccccc2)C1. The van der Waals surface area contributed by atoms with Gasteiger partial charge >= 0.3 is 5.97 Å². The van der Waals surface area contributed by atoms with E-state index in [4.69, 9.17) is 9.84 Å². The van der Waals surface area contributed by atoms with E-state index >= 15 is 0 Å². The molecule has 1 aliphatic carbocycles. The summed E-state index contributed by atoms with van der Waals surface area (Å²) in [6.45, 7) is 0.581. The zero-order chi connectivity index (χ0) is 11.4. The van der Waals surface area contributed by atoms with E-state index in [9.17, 15) is 4.79 Å². The van der Waals surface area contributed by atoms with E-state index in [0.29, 0.717) is 13.0 Å². The summed E-state index contributed by atoms with van der Waals surface area (Å²) in [5.74, 6) is -0.897. The minimum absolute atomic E-state index is 0.112. The molecule has 3 heteroatoms. The quantitative estimate of drug-likeness (QED) is 0.847. The number of benzene rings is 1. The molecule has 0 heterocycles. The number of rotatable bonds is 4. The molecule has 2 unspecified atom stereocenters. The average molecular weight is 220 g/mol. The van der Waals surface area contributed by atoms with E-state index in [2.05, 4.69) is 0 Å². The highest BCUT2D eigenvalue weighted by molar-refractivity contribution is 5.70. The van der Waals surface area contributed by atoms with Crippen LogP contribution in [0.4, 0.5) is 0 Å². The Kier molecular flexibility index (Phi) is 3.57. The summed E-state index contributed by atoms with van der Waals surface area (Å²) in [5.41, 5.74) is 1.14. The monoisotopic (exact) mass is 220 g/mol. The molecule has 0 aliphatic heterocycles. The van der Waals surface area contributed by atoms with Crippen molar-refractivity contribution in [2.24, 2.45) is 5.92 Å². The maximum Gasteiger partial charge on any atom is 0.306 e. The number of hydrogen-bond acceptors (Lipinski definition) is 2. The average Bonchev–Trinajstić information content (AvgIpc) is 2.76. The van der Waals surface area contributed by atoms with Gasteiger partial charge in [-0.25, -0.2) is 0 Å². The Balaban J connectivity index is 1.78. The molecule has 0 radical (unpaired) electrons. The fourth-order valence-electron chi connectivity index (χ4n) is 2.10. The third kappa shape index (κ3) is 2.83.